The molecule has 0 aromatic heterocycles. The Morgan fingerprint density at radius 2 is 2.25 bits per heavy atom. The van der Waals surface area contributed by atoms with E-state index in [-0.39, 0.29) is 0 Å². The second-order valence-electron chi connectivity index (χ2n) is 3.28. The van der Waals surface area contributed by atoms with E-state index in [1.54, 1.807) is 0 Å². The van der Waals surface area contributed by atoms with E-state index >= 15 is 0 Å². The van der Waals surface area contributed by atoms with Crippen LogP contribution in [0.4, 0.5) is 0 Å². The molecule has 2 nitrogen and oxygen atoms in total. The molecule has 0 aliphatic heterocycles. The first-order valence-electron chi connectivity index (χ1n) is 4.74. The van der Waals surface area contributed by atoms with Crippen LogP contribution in [0, 0.1) is 0 Å². The molecule has 2 heteroatoms. The third-order valence-corrected chi connectivity index (χ3v) is 2.06. The molecule has 0 aliphatic carbocycles. The van der Waals surface area contributed by atoms with Crippen LogP contribution in [0.5, 0.6) is 0 Å². The van der Waals surface area contributed by atoms with Gasteiger partial charge in [-0.05, 0) is 26.9 Å². The van der Waals surface area contributed by atoms with Gasteiger partial charge in [-0.1, -0.05) is 13.0 Å². The first kappa shape index (κ1) is 11.7. The quantitative estimate of drug-likeness (QED) is 0.460. The molecule has 1 unspecified atom stereocenters. The van der Waals surface area contributed by atoms with Gasteiger partial charge in [0.05, 0.1) is 0 Å². The van der Waals surface area contributed by atoms with Crippen molar-refractivity contribution in [2.24, 2.45) is 0 Å². The number of rotatable bonds is 7. The van der Waals surface area contributed by atoms with Gasteiger partial charge in [0.25, 0.3) is 0 Å². The van der Waals surface area contributed by atoms with Gasteiger partial charge in [0.1, 0.15) is 0 Å². The van der Waals surface area contributed by atoms with Gasteiger partial charge in [-0.2, -0.15) is 0 Å². The highest BCUT2D eigenvalue weighted by Gasteiger charge is 2.05. The lowest BCUT2D eigenvalue weighted by Crippen LogP contribution is -2.38. The van der Waals surface area contributed by atoms with Crippen LogP contribution in [-0.4, -0.2) is 37.6 Å². The third kappa shape index (κ3) is 5.33. The molecule has 72 valence electrons. The van der Waals surface area contributed by atoms with Gasteiger partial charge in [0, 0.05) is 19.1 Å². The number of nitrogens with zero attached hydrogens (tertiary/aromatic N) is 1. The highest BCUT2D eigenvalue weighted by molar-refractivity contribution is 4.72. The number of nitrogens with one attached hydrogen (secondary N) is 1. The van der Waals surface area contributed by atoms with Crippen molar-refractivity contribution in [1.82, 2.24) is 10.2 Å². The molecule has 0 spiro atoms. The first-order valence-corrected chi connectivity index (χ1v) is 4.74. The maximum atomic E-state index is 3.66. The predicted octanol–water partition coefficient (Wildman–Crippen LogP) is 1.49. The van der Waals surface area contributed by atoms with Crippen LogP contribution < -0.4 is 5.32 Å². The molecular formula is C10H22N2. The van der Waals surface area contributed by atoms with Crippen molar-refractivity contribution < 1.29 is 0 Å². The van der Waals surface area contributed by atoms with E-state index in [2.05, 4.69) is 37.7 Å². The molecular weight excluding hydrogens is 148 g/mol. The molecule has 0 saturated carbocycles. The van der Waals surface area contributed by atoms with Crippen LogP contribution in [-0.2, 0) is 0 Å². The van der Waals surface area contributed by atoms with Crippen LogP contribution in [0.15, 0.2) is 12.7 Å². The molecule has 0 saturated heterocycles. The van der Waals surface area contributed by atoms with Crippen molar-refractivity contribution in [3.05, 3.63) is 12.7 Å². The Morgan fingerprint density at radius 1 is 1.58 bits per heavy atom. The first-order chi connectivity index (χ1) is 5.72. The van der Waals surface area contributed by atoms with Gasteiger partial charge in [0.2, 0.25) is 0 Å². The minimum Gasteiger partial charge on any atom is -0.312 e. The monoisotopic (exact) mass is 170 g/mol. The lowest BCUT2D eigenvalue weighted by atomic mass is 10.3. The van der Waals surface area contributed by atoms with Gasteiger partial charge in [0.15, 0.2) is 0 Å². The van der Waals surface area contributed by atoms with Gasteiger partial charge in [-0.3, -0.25) is 0 Å². The van der Waals surface area contributed by atoms with Crippen LogP contribution >= 0.6 is 0 Å². The smallest absolute Gasteiger partial charge is 0.0189 e. The minimum absolute atomic E-state index is 0.616. The topological polar surface area (TPSA) is 15.3 Å². The normalized spacial score (nSPS) is 13.3. The average molecular weight is 170 g/mol. The summed E-state index contributed by atoms with van der Waals surface area (Å²) in [4.78, 5) is 2.37. The van der Waals surface area contributed by atoms with Gasteiger partial charge >= 0.3 is 0 Å². The molecule has 0 aromatic carbocycles. The third-order valence-electron chi connectivity index (χ3n) is 2.06. The van der Waals surface area contributed by atoms with Gasteiger partial charge in [-0.15, -0.1) is 6.58 Å². The number of hydrogen-bond acceptors (Lipinski definition) is 2. The number of hydrogen-bond donors (Lipinski definition) is 1. The molecule has 0 bridgehead atoms. The minimum atomic E-state index is 0.616. The second-order valence-corrected chi connectivity index (χ2v) is 3.28. The van der Waals surface area contributed by atoms with Crippen LogP contribution in [0.2, 0.25) is 0 Å². The van der Waals surface area contributed by atoms with Crippen molar-refractivity contribution in [3.8, 4) is 0 Å². The molecule has 0 rings (SSSR count). The summed E-state index contributed by atoms with van der Waals surface area (Å²) in [5.74, 6) is 0. The maximum absolute atomic E-state index is 3.66. The van der Waals surface area contributed by atoms with Gasteiger partial charge in [-0.25, -0.2) is 0 Å². The highest BCUT2D eigenvalue weighted by atomic mass is 15.1. The van der Waals surface area contributed by atoms with Crippen molar-refractivity contribution >= 4 is 0 Å². The van der Waals surface area contributed by atoms with E-state index < -0.39 is 0 Å². The summed E-state index contributed by atoms with van der Waals surface area (Å²) < 4.78 is 0. The van der Waals surface area contributed by atoms with Crippen molar-refractivity contribution in [1.29, 1.82) is 0 Å². The maximum Gasteiger partial charge on any atom is 0.0189 e. The summed E-state index contributed by atoms with van der Waals surface area (Å²) >= 11 is 0. The summed E-state index contributed by atoms with van der Waals surface area (Å²) in [6.07, 6.45) is 3.12. The fraction of sp³-hybridized carbons (Fsp3) is 0.800. The SMILES string of the molecule is C=CCNCC(C)N(C)CCC. The fourth-order valence-corrected chi connectivity index (χ4v) is 1.12. The molecule has 0 fully saturated rings. The van der Waals surface area contributed by atoms with Crippen LogP contribution in [0.1, 0.15) is 20.3 Å². The van der Waals surface area contributed by atoms with E-state index in [1.807, 2.05) is 6.08 Å². The summed E-state index contributed by atoms with van der Waals surface area (Å²) in [6.45, 7) is 11.2. The molecule has 12 heavy (non-hydrogen) atoms. The largest absolute Gasteiger partial charge is 0.312 e. The Labute approximate surface area is 76.6 Å². The van der Waals surface area contributed by atoms with Crippen LogP contribution in [0.3, 0.4) is 0 Å². The van der Waals surface area contributed by atoms with Crippen molar-refractivity contribution in [2.75, 3.05) is 26.7 Å². The van der Waals surface area contributed by atoms with E-state index in [1.165, 1.54) is 13.0 Å². The second kappa shape index (κ2) is 7.32. The molecule has 0 amide bonds. The molecule has 0 aromatic rings. The molecule has 0 aliphatic rings. The predicted molar refractivity (Wildman–Crippen MR) is 55.4 cm³/mol. The summed E-state index contributed by atoms with van der Waals surface area (Å²) in [5.41, 5.74) is 0. The average Bonchev–Trinajstić information content (AvgIpc) is 2.05. The van der Waals surface area contributed by atoms with E-state index in [0.717, 1.165) is 13.1 Å². The van der Waals surface area contributed by atoms with Crippen molar-refractivity contribution in [2.45, 2.75) is 26.3 Å². The Kier molecular flexibility index (Phi) is 7.11. The Bertz CT molecular complexity index is 112. The summed E-state index contributed by atoms with van der Waals surface area (Å²) in [5, 5.41) is 3.31. The zero-order chi connectivity index (χ0) is 9.40. The zero-order valence-corrected chi connectivity index (χ0v) is 8.64. The van der Waals surface area contributed by atoms with E-state index in [4.69, 9.17) is 0 Å². The van der Waals surface area contributed by atoms with Gasteiger partial charge < -0.3 is 10.2 Å². The van der Waals surface area contributed by atoms with Crippen LogP contribution in [0.25, 0.3) is 0 Å². The van der Waals surface area contributed by atoms with E-state index in [0.29, 0.717) is 6.04 Å². The van der Waals surface area contributed by atoms with Crippen molar-refractivity contribution in [3.63, 3.8) is 0 Å². The molecule has 1 atom stereocenters. The Hall–Kier alpha value is -0.340. The molecule has 1 N–H and O–H groups in total. The zero-order valence-electron chi connectivity index (χ0n) is 8.64. The van der Waals surface area contributed by atoms with E-state index in [9.17, 15) is 0 Å². The molecule has 0 radical (unpaired) electrons. The highest BCUT2D eigenvalue weighted by Crippen LogP contribution is 1.94. The molecule has 0 heterocycles. The fourth-order valence-electron chi connectivity index (χ4n) is 1.12. The summed E-state index contributed by atoms with van der Waals surface area (Å²) in [7, 11) is 2.17. The number of likely N-dealkylation sites (N-methyl/N-ethyl adjacent to an activating group) is 1. The summed E-state index contributed by atoms with van der Waals surface area (Å²) in [6, 6.07) is 0.616. The standard InChI is InChI=1S/C10H22N2/c1-5-7-11-9-10(3)12(4)8-6-2/h5,10-11H,1,6-9H2,2-4H3. The lowest BCUT2D eigenvalue weighted by Gasteiger charge is -2.24. The Balaban J connectivity index is 3.41. The Morgan fingerprint density at radius 3 is 2.75 bits per heavy atom. The lowest BCUT2D eigenvalue weighted by molar-refractivity contribution is 0.253.